The predicted molar refractivity (Wildman–Crippen MR) is 119 cm³/mol. The first-order valence-corrected chi connectivity index (χ1v) is 12.2. The normalized spacial score (nSPS) is 34.3. The zero-order valence-electron chi connectivity index (χ0n) is 21.0. The molecule has 1 amide bonds. The molecule has 1 aromatic carbocycles. The van der Waals surface area contributed by atoms with E-state index >= 15 is 0 Å². The minimum Gasteiger partial charge on any atom is -0.453 e. The summed E-state index contributed by atoms with van der Waals surface area (Å²) in [5, 5.41) is 0. The molecule has 1 saturated carbocycles. The lowest BCUT2D eigenvalue weighted by Crippen LogP contribution is -2.52. The van der Waals surface area contributed by atoms with Crippen LogP contribution in [0.15, 0.2) is 24.3 Å². The summed E-state index contributed by atoms with van der Waals surface area (Å²) < 4.78 is 70.6. The van der Waals surface area contributed by atoms with Crippen LogP contribution in [0.3, 0.4) is 0 Å². The van der Waals surface area contributed by atoms with Gasteiger partial charge in [-0.2, -0.15) is 17.4 Å². The van der Waals surface area contributed by atoms with Crippen molar-refractivity contribution in [1.82, 2.24) is 13.9 Å². The van der Waals surface area contributed by atoms with Gasteiger partial charge in [-0.25, -0.2) is 9.18 Å². The summed E-state index contributed by atoms with van der Waals surface area (Å²) in [6.45, 7) is 1.88. The van der Waals surface area contributed by atoms with Crippen LogP contribution in [0.5, 0.6) is 0 Å². The molecule has 32 heavy (non-hydrogen) atoms. The maximum atomic E-state index is 13.7. The Morgan fingerprint density at radius 2 is 2.12 bits per heavy atom. The number of halogens is 1. The average Bonchev–Trinajstić information content (AvgIpc) is 3.07. The van der Waals surface area contributed by atoms with E-state index in [1.807, 2.05) is 6.92 Å². The number of hydrogen-bond acceptors (Lipinski definition) is 5. The lowest BCUT2D eigenvalue weighted by molar-refractivity contribution is -0.00865. The molecule has 1 N–H and O–H groups in total. The van der Waals surface area contributed by atoms with Crippen molar-refractivity contribution in [1.29, 1.82) is 0 Å². The third-order valence-corrected chi connectivity index (χ3v) is 7.68. The highest BCUT2D eigenvalue weighted by atomic mass is 32.2. The van der Waals surface area contributed by atoms with E-state index in [0.29, 0.717) is 24.8 Å². The summed E-state index contributed by atoms with van der Waals surface area (Å²) in [4.78, 5) is 13.9. The number of carbonyl (C=O) groups is 1. The predicted octanol–water partition coefficient (Wildman–Crippen LogP) is 2.86. The van der Waals surface area contributed by atoms with Gasteiger partial charge in [0.15, 0.2) is 0 Å². The number of nitrogens with one attached hydrogen (secondary N) is 1. The highest BCUT2D eigenvalue weighted by Crippen LogP contribution is 2.35. The molecule has 1 aliphatic carbocycles. The minimum absolute atomic E-state index is 0.0579. The molecule has 0 spiro atoms. The van der Waals surface area contributed by atoms with Crippen molar-refractivity contribution in [2.75, 3.05) is 27.8 Å². The molecule has 0 radical (unpaired) electrons. The van der Waals surface area contributed by atoms with Crippen LogP contribution in [-0.4, -0.2) is 75.8 Å². The third-order valence-electron chi connectivity index (χ3n) is 6.12. The first-order valence-electron chi connectivity index (χ1n) is 11.8. The summed E-state index contributed by atoms with van der Waals surface area (Å²) in [6, 6.07) is 4.43. The largest absolute Gasteiger partial charge is 0.453 e. The van der Waals surface area contributed by atoms with Gasteiger partial charge in [0, 0.05) is 28.9 Å². The highest BCUT2D eigenvalue weighted by Gasteiger charge is 2.44. The molecule has 2 aliphatic rings. The van der Waals surface area contributed by atoms with Crippen LogP contribution in [0.4, 0.5) is 9.18 Å². The Morgan fingerprint density at radius 1 is 1.38 bits per heavy atom. The van der Waals surface area contributed by atoms with Crippen LogP contribution < -0.4 is 4.72 Å². The van der Waals surface area contributed by atoms with Gasteiger partial charge in [-0.3, -0.25) is 4.90 Å². The first kappa shape index (κ1) is 22.1. The number of carbonyl (C=O) groups excluding carboxylic acids is 1. The van der Waals surface area contributed by atoms with E-state index in [1.54, 1.807) is 12.1 Å². The van der Waals surface area contributed by atoms with E-state index in [9.17, 15) is 17.6 Å². The number of ether oxygens (including phenoxy) is 2. The second kappa shape index (κ2) is 10.5. The van der Waals surface area contributed by atoms with E-state index in [4.69, 9.17) is 12.2 Å². The van der Waals surface area contributed by atoms with E-state index in [2.05, 4.69) is 4.72 Å². The van der Waals surface area contributed by atoms with Gasteiger partial charge in [-0.05, 0) is 62.6 Å². The van der Waals surface area contributed by atoms with E-state index in [1.165, 1.54) is 38.2 Å². The van der Waals surface area contributed by atoms with Gasteiger partial charge in [0.25, 0.3) is 10.2 Å². The molecule has 0 bridgehead atoms. The van der Waals surface area contributed by atoms with Crippen molar-refractivity contribution in [3.63, 3.8) is 0 Å². The standard InChI is InChI=1S/C22H34FN3O5S/c1-15-12-20(24-32(28,29)25(2)3)21(26(15)22(27)30-4)14-31-19-10-8-16(9-11-19)17-6-5-7-18(23)13-17/h5-7,13,15-16,19-21,24H,8-12,14H2,1-4H3/t15-,16-,19+,20+,21+/m1/s1/i8D,16D/t8-,15-,16+,19-,20+,21+. The van der Waals surface area contributed by atoms with Gasteiger partial charge >= 0.3 is 6.09 Å². The second-order valence-corrected chi connectivity index (χ2v) is 10.4. The number of amides is 1. The molecule has 1 aliphatic heterocycles. The highest BCUT2D eigenvalue weighted by molar-refractivity contribution is 7.87. The van der Waals surface area contributed by atoms with Crippen molar-refractivity contribution in [2.24, 2.45) is 0 Å². The lowest BCUT2D eigenvalue weighted by Gasteiger charge is -2.33. The summed E-state index contributed by atoms with van der Waals surface area (Å²) in [7, 11) is 0.388. The zero-order chi connectivity index (χ0) is 25.3. The van der Waals surface area contributed by atoms with Crippen LogP contribution in [0.25, 0.3) is 0 Å². The van der Waals surface area contributed by atoms with E-state index < -0.39 is 46.5 Å². The molecular formula is C22H34FN3O5S. The molecule has 8 nitrogen and oxygen atoms in total. The fraction of sp³-hybridized carbons (Fsp3) is 0.682. The zero-order valence-corrected chi connectivity index (χ0v) is 19.8. The lowest BCUT2D eigenvalue weighted by atomic mass is 9.82. The van der Waals surface area contributed by atoms with Gasteiger partial charge in [0.1, 0.15) is 5.82 Å². The summed E-state index contributed by atoms with van der Waals surface area (Å²) >= 11 is 0. The molecule has 10 heteroatoms. The Kier molecular flexibility index (Phi) is 7.21. The van der Waals surface area contributed by atoms with Crippen molar-refractivity contribution in [3.8, 4) is 0 Å². The number of nitrogens with zero attached hydrogens (tertiary/aromatic N) is 2. The minimum atomic E-state index is -3.73. The number of benzene rings is 1. The number of methoxy groups -OCH3 is 1. The molecule has 2 fully saturated rings. The molecule has 6 atom stereocenters. The maximum absolute atomic E-state index is 13.7. The molecule has 1 heterocycles. The molecule has 0 unspecified atom stereocenters. The fourth-order valence-corrected chi connectivity index (χ4v) is 5.19. The van der Waals surface area contributed by atoms with Gasteiger partial charge < -0.3 is 9.47 Å². The molecule has 1 saturated heterocycles. The number of rotatable bonds is 7. The summed E-state index contributed by atoms with van der Waals surface area (Å²) in [5.74, 6) is -1.66. The SMILES string of the molecule is [2H][C@@H]1C[C@@H](OC[C@H]2[C@@H](NS(=O)(=O)N(C)C)C[C@@H](C)N2C(=O)OC)CC[C@@]1([2H])c1cccc(F)c1. The Labute approximate surface area is 193 Å². The Balaban J connectivity index is 1.70. The smallest absolute Gasteiger partial charge is 0.410 e. The van der Waals surface area contributed by atoms with Crippen LogP contribution in [0.1, 0.15) is 53.2 Å². The van der Waals surface area contributed by atoms with E-state index in [0.717, 1.165) is 4.31 Å². The van der Waals surface area contributed by atoms with Gasteiger partial charge in [0.2, 0.25) is 0 Å². The summed E-state index contributed by atoms with van der Waals surface area (Å²) in [5.41, 5.74) is 0.477. The average molecular weight is 474 g/mol. The van der Waals surface area contributed by atoms with Gasteiger partial charge in [0.05, 0.1) is 25.9 Å². The second-order valence-electron chi connectivity index (χ2n) is 8.51. The van der Waals surface area contributed by atoms with Crippen LogP contribution in [-0.2, 0) is 19.7 Å². The number of hydrogen-bond donors (Lipinski definition) is 1. The van der Waals surface area contributed by atoms with Crippen LogP contribution >= 0.6 is 0 Å². The Hall–Kier alpha value is -1.75. The maximum Gasteiger partial charge on any atom is 0.410 e. The molecule has 180 valence electrons. The van der Waals surface area contributed by atoms with Crippen molar-refractivity contribution in [2.45, 2.75) is 69.1 Å². The monoisotopic (exact) mass is 473 g/mol. The molecule has 1 aromatic rings. The van der Waals surface area contributed by atoms with Crippen LogP contribution in [0.2, 0.25) is 0 Å². The topological polar surface area (TPSA) is 88.2 Å². The van der Waals surface area contributed by atoms with Crippen LogP contribution in [0, 0.1) is 5.82 Å². The fourth-order valence-electron chi connectivity index (χ4n) is 4.35. The Morgan fingerprint density at radius 3 is 2.75 bits per heavy atom. The van der Waals surface area contributed by atoms with E-state index in [-0.39, 0.29) is 25.2 Å². The summed E-state index contributed by atoms with van der Waals surface area (Å²) in [6.07, 6.45) is -0.235. The quantitative estimate of drug-likeness (QED) is 0.658. The molecule has 3 rings (SSSR count). The molecular weight excluding hydrogens is 437 g/mol. The Bertz CT molecular complexity index is 985. The third kappa shape index (κ3) is 5.78. The van der Waals surface area contributed by atoms with Crippen molar-refractivity contribution >= 4 is 16.3 Å². The number of likely N-dealkylation sites (tertiary alicyclic amines) is 1. The van der Waals surface area contributed by atoms with Gasteiger partial charge in [-0.15, -0.1) is 0 Å². The van der Waals surface area contributed by atoms with Crippen molar-refractivity contribution in [3.05, 3.63) is 35.6 Å². The van der Waals surface area contributed by atoms with Gasteiger partial charge in [-0.1, -0.05) is 12.1 Å². The molecule has 0 aromatic heterocycles. The first-order chi connectivity index (χ1) is 15.9. The van der Waals surface area contributed by atoms with Crippen molar-refractivity contribution < 1.29 is 29.8 Å².